The number of hydrogen-bond donors (Lipinski definition) is 2. The molecule has 0 saturated carbocycles. The molecule has 0 amide bonds. The zero-order chi connectivity index (χ0) is 12.3. The molecule has 1 atom stereocenters. The number of nitrogens with zero attached hydrogens (tertiary/aromatic N) is 1. The molecular formula is C13H11FN2O. The molecule has 0 fully saturated rings. The minimum absolute atomic E-state index is 0.0381. The van der Waals surface area contributed by atoms with Gasteiger partial charge in [0.1, 0.15) is 11.9 Å². The van der Waals surface area contributed by atoms with Crippen molar-refractivity contribution in [3.63, 3.8) is 0 Å². The van der Waals surface area contributed by atoms with Crippen LogP contribution in [0.2, 0.25) is 0 Å². The van der Waals surface area contributed by atoms with Crippen LogP contribution in [0.5, 0.6) is 0 Å². The largest absolute Gasteiger partial charge is 0.382 e. The molecule has 2 aromatic rings. The number of benzene rings is 1. The Labute approximate surface area is 98.1 Å². The van der Waals surface area contributed by atoms with Crippen LogP contribution in [0.15, 0.2) is 48.8 Å². The smallest absolute Gasteiger partial charge is 0.123 e. The van der Waals surface area contributed by atoms with Crippen LogP contribution in [0.4, 0.5) is 4.39 Å². The Morgan fingerprint density at radius 3 is 2.29 bits per heavy atom. The van der Waals surface area contributed by atoms with Crippen LogP contribution in [-0.4, -0.2) is 15.8 Å². The third-order valence-corrected chi connectivity index (χ3v) is 2.45. The molecule has 86 valence electrons. The summed E-state index contributed by atoms with van der Waals surface area (Å²) in [5, 5.41) is 17.8. The Morgan fingerprint density at radius 1 is 1.12 bits per heavy atom. The lowest BCUT2D eigenvalue weighted by atomic mass is 10.0. The van der Waals surface area contributed by atoms with Gasteiger partial charge in [0.15, 0.2) is 0 Å². The van der Waals surface area contributed by atoms with E-state index in [0.717, 1.165) is 0 Å². The lowest BCUT2D eigenvalue weighted by Gasteiger charge is -2.12. The maximum Gasteiger partial charge on any atom is 0.123 e. The molecule has 3 nitrogen and oxygen atoms in total. The summed E-state index contributed by atoms with van der Waals surface area (Å²) >= 11 is 0. The Balaban J connectivity index is 2.23. The van der Waals surface area contributed by atoms with Crippen molar-refractivity contribution in [2.75, 3.05) is 0 Å². The predicted molar refractivity (Wildman–Crippen MR) is 62.4 cm³/mol. The fraction of sp³-hybridized carbons (Fsp3) is 0.0769. The summed E-state index contributed by atoms with van der Waals surface area (Å²) in [6, 6.07) is 8.77. The van der Waals surface area contributed by atoms with Gasteiger partial charge in [-0.3, -0.25) is 4.98 Å². The summed E-state index contributed by atoms with van der Waals surface area (Å²) in [5.41, 5.74) is 1.13. The van der Waals surface area contributed by atoms with Crippen LogP contribution in [0, 0.1) is 11.2 Å². The van der Waals surface area contributed by atoms with Gasteiger partial charge in [0.25, 0.3) is 0 Å². The minimum atomic E-state index is -1.02. The average Bonchev–Trinajstić information content (AvgIpc) is 2.39. The first-order chi connectivity index (χ1) is 8.18. The predicted octanol–water partition coefficient (Wildman–Crippen LogP) is 2.32. The summed E-state index contributed by atoms with van der Waals surface area (Å²) in [7, 11) is 0. The normalized spacial score (nSPS) is 12.1. The molecule has 2 rings (SSSR count). The highest BCUT2D eigenvalue weighted by Gasteiger charge is 2.14. The lowest BCUT2D eigenvalue weighted by Crippen LogP contribution is -2.12. The van der Waals surface area contributed by atoms with E-state index in [4.69, 9.17) is 5.41 Å². The SMILES string of the molecule is N=C(c1ccc(F)cc1)C(O)c1ccncc1. The molecule has 0 bridgehead atoms. The van der Waals surface area contributed by atoms with Gasteiger partial charge in [-0.1, -0.05) is 12.1 Å². The first kappa shape index (κ1) is 11.4. The van der Waals surface area contributed by atoms with Crippen LogP contribution in [0.3, 0.4) is 0 Å². The minimum Gasteiger partial charge on any atom is -0.382 e. The Bertz CT molecular complexity index is 511. The van der Waals surface area contributed by atoms with Crippen LogP contribution < -0.4 is 0 Å². The van der Waals surface area contributed by atoms with Gasteiger partial charge in [0.05, 0.1) is 5.71 Å². The van der Waals surface area contributed by atoms with Crippen molar-refractivity contribution in [2.24, 2.45) is 0 Å². The second-order valence-corrected chi connectivity index (χ2v) is 3.60. The summed E-state index contributed by atoms with van der Waals surface area (Å²) in [6.45, 7) is 0. The molecule has 0 spiro atoms. The van der Waals surface area contributed by atoms with E-state index in [1.54, 1.807) is 24.5 Å². The van der Waals surface area contributed by atoms with E-state index in [2.05, 4.69) is 4.98 Å². The maximum absolute atomic E-state index is 12.7. The van der Waals surface area contributed by atoms with Crippen LogP contribution >= 0.6 is 0 Å². The van der Waals surface area contributed by atoms with E-state index >= 15 is 0 Å². The van der Waals surface area contributed by atoms with E-state index in [0.29, 0.717) is 11.1 Å². The van der Waals surface area contributed by atoms with Gasteiger partial charge in [-0.15, -0.1) is 0 Å². The van der Waals surface area contributed by atoms with E-state index in [-0.39, 0.29) is 11.5 Å². The van der Waals surface area contributed by atoms with E-state index < -0.39 is 6.10 Å². The van der Waals surface area contributed by atoms with E-state index in [1.807, 2.05) is 0 Å². The monoisotopic (exact) mass is 230 g/mol. The maximum atomic E-state index is 12.7. The first-order valence-electron chi connectivity index (χ1n) is 5.11. The average molecular weight is 230 g/mol. The number of nitrogens with one attached hydrogen (secondary N) is 1. The molecule has 0 aliphatic rings. The Kier molecular flexibility index (Phi) is 3.25. The van der Waals surface area contributed by atoms with Gasteiger partial charge in [0.2, 0.25) is 0 Å². The van der Waals surface area contributed by atoms with Crippen molar-refractivity contribution in [3.8, 4) is 0 Å². The third kappa shape index (κ3) is 2.54. The summed E-state index contributed by atoms with van der Waals surface area (Å²) in [6.07, 6.45) is 2.08. The quantitative estimate of drug-likeness (QED) is 0.795. The molecule has 0 radical (unpaired) electrons. The molecule has 1 aromatic carbocycles. The number of halogens is 1. The molecule has 1 heterocycles. The van der Waals surface area contributed by atoms with Gasteiger partial charge in [-0.2, -0.15) is 0 Å². The highest BCUT2D eigenvalue weighted by atomic mass is 19.1. The number of aliphatic hydroxyl groups excluding tert-OH is 1. The van der Waals surface area contributed by atoms with Crippen molar-refractivity contribution < 1.29 is 9.50 Å². The number of pyridine rings is 1. The van der Waals surface area contributed by atoms with Gasteiger partial charge >= 0.3 is 0 Å². The lowest BCUT2D eigenvalue weighted by molar-refractivity contribution is 0.247. The highest BCUT2D eigenvalue weighted by molar-refractivity contribution is 6.01. The van der Waals surface area contributed by atoms with Crippen LogP contribution in [0.25, 0.3) is 0 Å². The Morgan fingerprint density at radius 2 is 1.71 bits per heavy atom. The summed E-state index contributed by atoms with van der Waals surface area (Å²) < 4.78 is 12.7. The third-order valence-electron chi connectivity index (χ3n) is 2.45. The molecule has 0 aliphatic carbocycles. The molecule has 17 heavy (non-hydrogen) atoms. The fourth-order valence-electron chi connectivity index (χ4n) is 1.50. The van der Waals surface area contributed by atoms with Crippen molar-refractivity contribution in [1.29, 1.82) is 5.41 Å². The fourth-order valence-corrected chi connectivity index (χ4v) is 1.50. The van der Waals surface area contributed by atoms with Crippen molar-refractivity contribution >= 4 is 5.71 Å². The van der Waals surface area contributed by atoms with Gasteiger partial charge < -0.3 is 10.5 Å². The molecule has 1 aromatic heterocycles. The molecule has 0 saturated heterocycles. The summed E-state index contributed by atoms with van der Waals surface area (Å²) in [5.74, 6) is -0.361. The zero-order valence-electron chi connectivity index (χ0n) is 8.97. The topological polar surface area (TPSA) is 57.0 Å². The van der Waals surface area contributed by atoms with Crippen LogP contribution in [-0.2, 0) is 0 Å². The van der Waals surface area contributed by atoms with Gasteiger partial charge in [-0.05, 0) is 35.4 Å². The zero-order valence-corrected chi connectivity index (χ0v) is 8.97. The molecule has 2 N–H and O–H groups in total. The number of aromatic nitrogens is 1. The number of hydrogen-bond acceptors (Lipinski definition) is 3. The highest BCUT2D eigenvalue weighted by Crippen LogP contribution is 2.17. The van der Waals surface area contributed by atoms with Crippen molar-refractivity contribution in [3.05, 3.63) is 65.7 Å². The van der Waals surface area contributed by atoms with Crippen molar-refractivity contribution in [1.82, 2.24) is 4.98 Å². The number of aliphatic hydroxyl groups is 1. The second kappa shape index (κ2) is 4.84. The number of rotatable bonds is 3. The van der Waals surface area contributed by atoms with E-state index in [9.17, 15) is 9.50 Å². The van der Waals surface area contributed by atoms with Gasteiger partial charge in [-0.25, -0.2) is 4.39 Å². The Hall–Kier alpha value is -2.07. The van der Waals surface area contributed by atoms with Crippen LogP contribution in [0.1, 0.15) is 17.2 Å². The molecule has 0 aliphatic heterocycles. The molecular weight excluding hydrogens is 219 g/mol. The molecule has 4 heteroatoms. The molecule has 1 unspecified atom stereocenters. The summed E-state index contributed by atoms with van der Waals surface area (Å²) in [4.78, 5) is 3.84. The van der Waals surface area contributed by atoms with Crippen molar-refractivity contribution in [2.45, 2.75) is 6.10 Å². The van der Waals surface area contributed by atoms with E-state index in [1.165, 1.54) is 24.3 Å². The van der Waals surface area contributed by atoms with Gasteiger partial charge in [0, 0.05) is 12.4 Å². The second-order valence-electron chi connectivity index (χ2n) is 3.60. The standard InChI is InChI=1S/C13H11FN2O/c14-11-3-1-9(2-4-11)12(15)13(17)10-5-7-16-8-6-10/h1-8,13,15,17H. The first-order valence-corrected chi connectivity index (χ1v) is 5.11.